The molecule has 6 heteroatoms. The van der Waals surface area contributed by atoms with E-state index in [1.54, 1.807) is 0 Å². The second kappa shape index (κ2) is 32.7. The Morgan fingerprint density at radius 3 is 0.500 bits per heavy atom. The smallest absolute Gasteiger partial charge is 0.282 e. The molecule has 0 amide bonds. The summed E-state index contributed by atoms with van der Waals surface area (Å²) in [6.07, 6.45) is 31.5. The van der Waals surface area contributed by atoms with Gasteiger partial charge in [-0.05, 0) is 54.4 Å². The average molecular weight is 631 g/mol. The molecule has 0 radical (unpaired) electrons. The van der Waals surface area contributed by atoms with E-state index in [1.165, 1.54) is 128 Å². The predicted octanol–water partition coefficient (Wildman–Crippen LogP) is 11.9. The van der Waals surface area contributed by atoms with Crippen LogP contribution in [0.3, 0.4) is 0 Å². The van der Waals surface area contributed by atoms with E-state index in [2.05, 4.69) is 0 Å². The van der Waals surface area contributed by atoms with Crippen molar-refractivity contribution in [3.8, 4) is 0 Å². The normalized spacial score (nSPS) is 12.4. The van der Waals surface area contributed by atoms with Crippen molar-refractivity contribution in [2.45, 2.75) is 208 Å². The SMILES string of the molecule is CCOC(CCCCCCCCCCCCCCCCCCCCCCCCC(OCC)(OCC)OCC)(OCC)OCC. The van der Waals surface area contributed by atoms with Crippen molar-refractivity contribution in [3.63, 3.8) is 0 Å². The van der Waals surface area contributed by atoms with Crippen molar-refractivity contribution in [1.29, 1.82) is 0 Å². The average Bonchev–Trinajstić information content (AvgIpc) is 3.00. The highest BCUT2D eigenvalue weighted by atomic mass is 16.9. The van der Waals surface area contributed by atoms with Crippen LogP contribution in [0.15, 0.2) is 0 Å². The minimum atomic E-state index is -0.826. The molecule has 0 saturated carbocycles. The summed E-state index contributed by atoms with van der Waals surface area (Å²) in [4.78, 5) is 0. The van der Waals surface area contributed by atoms with Gasteiger partial charge in [-0.15, -0.1) is 0 Å². The van der Waals surface area contributed by atoms with E-state index in [0.29, 0.717) is 39.6 Å². The lowest BCUT2D eigenvalue weighted by molar-refractivity contribution is -0.380. The van der Waals surface area contributed by atoms with Crippen molar-refractivity contribution in [2.75, 3.05) is 39.6 Å². The van der Waals surface area contributed by atoms with Gasteiger partial charge in [-0.25, -0.2) is 0 Å². The van der Waals surface area contributed by atoms with E-state index < -0.39 is 11.9 Å². The summed E-state index contributed by atoms with van der Waals surface area (Å²) in [5.74, 6) is -1.65. The summed E-state index contributed by atoms with van der Waals surface area (Å²) in [6.45, 7) is 15.7. The summed E-state index contributed by atoms with van der Waals surface area (Å²) in [7, 11) is 0. The quantitative estimate of drug-likeness (QED) is 0.0503. The fourth-order valence-electron chi connectivity index (χ4n) is 6.22. The minimum absolute atomic E-state index is 0.617. The van der Waals surface area contributed by atoms with Crippen molar-refractivity contribution < 1.29 is 28.4 Å². The van der Waals surface area contributed by atoms with Gasteiger partial charge in [-0.3, -0.25) is 0 Å². The van der Waals surface area contributed by atoms with E-state index in [9.17, 15) is 0 Å². The molecule has 0 bridgehead atoms. The second-order valence-electron chi connectivity index (χ2n) is 12.2. The van der Waals surface area contributed by atoms with E-state index in [1.807, 2.05) is 41.5 Å². The zero-order valence-corrected chi connectivity index (χ0v) is 30.7. The Kier molecular flexibility index (Phi) is 32.5. The molecule has 0 unspecified atom stereocenters. The molecule has 266 valence electrons. The molecule has 0 aliphatic heterocycles. The number of hydrogen-bond donors (Lipinski definition) is 0. The minimum Gasteiger partial charge on any atom is -0.328 e. The van der Waals surface area contributed by atoms with Gasteiger partial charge in [-0.1, -0.05) is 128 Å². The molecule has 0 aliphatic rings. The predicted molar refractivity (Wildman–Crippen MR) is 186 cm³/mol. The fourth-order valence-corrected chi connectivity index (χ4v) is 6.22. The molecule has 0 saturated heterocycles. The maximum absolute atomic E-state index is 5.83. The molecule has 0 aromatic carbocycles. The van der Waals surface area contributed by atoms with Crippen molar-refractivity contribution in [1.82, 2.24) is 0 Å². The monoisotopic (exact) mass is 631 g/mol. The Morgan fingerprint density at radius 2 is 0.364 bits per heavy atom. The van der Waals surface area contributed by atoms with E-state index >= 15 is 0 Å². The zero-order valence-electron chi connectivity index (χ0n) is 30.7. The molecular formula is C38H78O6. The second-order valence-corrected chi connectivity index (χ2v) is 12.2. The largest absolute Gasteiger partial charge is 0.328 e. The molecule has 0 aromatic rings. The Labute approximate surface area is 275 Å². The van der Waals surface area contributed by atoms with E-state index in [0.717, 1.165) is 25.7 Å². The Morgan fingerprint density at radius 1 is 0.227 bits per heavy atom. The fraction of sp³-hybridized carbons (Fsp3) is 1.00. The van der Waals surface area contributed by atoms with Crippen LogP contribution in [0.5, 0.6) is 0 Å². The molecule has 6 nitrogen and oxygen atoms in total. The van der Waals surface area contributed by atoms with Crippen LogP contribution in [-0.4, -0.2) is 51.6 Å². The van der Waals surface area contributed by atoms with Crippen molar-refractivity contribution in [3.05, 3.63) is 0 Å². The molecule has 0 aliphatic carbocycles. The van der Waals surface area contributed by atoms with Crippen LogP contribution in [0.4, 0.5) is 0 Å². The first-order valence-corrected chi connectivity index (χ1v) is 19.4. The number of unbranched alkanes of at least 4 members (excludes halogenated alkanes) is 21. The standard InChI is InChI=1S/C38H78O6/c1-7-39-37(40-8-2,41-9-3)35-33-31-29-27-25-23-21-19-17-15-13-14-16-18-20-22-24-26-28-30-32-34-36-38(42-10-4,43-11-5)44-12-6/h7-36H2,1-6H3. The van der Waals surface area contributed by atoms with Gasteiger partial charge in [0.15, 0.2) is 0 Å². The molecule has 0 rings (SSSR count). The van der Waals surface area contributed by atoms with Crippen LogP contribution in [0.2, 0.25) is 0 Å². The summed E-state index contributed by atoms with van der Waals surface area (Å²) >= 11 is 0. The van der Waals surface area contributed by atoms with Crippen LogP contribution in [0.25, 0.3) is 0 Å². The van der Waals surface area contributed by atoms with Crippen LogP contribution in [-0.2, 0) is 28.4 Å². The number of hydrogen-bond acceptors (Lipinski definition) is 6. The third-order valence-electron chi connectivity index (χ3n) is 8.40. The Balaban J connectivity index is 3.45. The molecule has 0 heterocycles. The topological polar surface area (TPSA) is 55.4 Å². The molecule has 0 spiro atoms. The van der Waals surface area contributed by atoms with E-state index in [4.69, 9.17) is 28.4 Å². The molecule has 0 N–H and O–H groups in total. The highest BCUT2D eigenvalue weighted by Crippen LogP contribution is 2.25. The van der Waals surface area contributed by atoms with Gasteiger partial charge in [0.1, 0.15) is 0 Å². The van der Waals surface area contributed by atoms with Crippen LogP contribution in [0, 0.1) is 0 Å². The summed E-state index contributed by atoms with van der Waals surface area (Å²) in [6, 6.07) is 0. The lowest BCUT2D eigenvalue weighted by atomic mass is 10.0. The Hall–Kier alpha value is -0.240. The first-order valence-electron chi connectivity index (χ1n) is 19.4. The maximum atomic E-state index is 5.83. The molecule has 0 aromatic heterocycles. The Bertz CT molecular complexity index is 475. The molecule has 0 fully saturated rings. The summed E-state index contributed by atoms with van der Waals surface area (Å²) < 4.78 is 35.0. The summed E-state index contributed by atoms with van der Waals surface area (Å²) in [5, 5.41) is 0. The van der Waals surface area contributed by atoms with Gasteiger partial charge in [0.2, 0.25) is 0 Å². The van der Waals surface area contributed by atoms with Gasteiger partial charge < -0.3 is 28.4 Å². The van der Waals surface area contributed by atoms with Crippen molar-refractivity contribution >= 4 is 0 Å². The van der Waals surface area contributed by atoms with Crippen molar-refractivity contribution in [2.24, 2.45) is 0 Å². The van der Waals surface area contributed by atoms with Gasteiger partial charge in [0.05, 0.1) is 0 Å². The first-order chi connectivity index (χ1) is 21.6. The van der Waals surface area contributed by atoms with Gasteiger partial charge in [-0.2, -0.15) is 0 Å². The lowest BCUT2D eigenvalue weighted by Gasteiger charge is -2.32. The lowest BCUT2D eigenvalue weighted by Crippen LogP contribution is -2.39. The molecular weight excluding hydrogens is 552 g/mol. The third-order valence-corrected chi connectivity index (χ3v) is 8.40. The van der Waals surface area contributed by atoms with Crippen LogP contribution in [0.1, 0.15) is 196 Å². The number of ether oxygens (including phenoxy) is 6. The number of rotatable bonds is 37. The highest BCUT2D eigenvalue weighted by molar-refractivity contribution is 4.61. The zero-order chi connectivity index (χ0) is 32.5. The molecule has 0 atom stereocenters. The van der Waals surface area contributed by atoms with Crippen LogP contribution >= 0.6 is 0 Å². The van der Waals surface area contributed by atoms with Gasteiger partial charge >= 0.3 is 0 Å². The van der Waals surface area contributed by atoms with Crippen LogP contribution < -0.4 is 0 Å². The van der Waals surface area contributed by atoms with E-state index in [-0.39, 0.29) is 0 Å². The van der Waals surface area contributed by atoms with Gasteiger partial charge in [0.25, 0.3) is 11.9 Å². The first kappa shape index (κ1) is 43.8. The third kappa shape index (κ3) is 24.9. The highest BCUT2D eigenvalue weighted by Gasteiger charge is 2.32. The molecule has 44 heavy (non-hydrogen) atoms. The van der Waals surface area contributed by atoms with Gasteiger partial charge in [0, 0.05) is 52.5 Å². The maximum Gasteiger partial charge on any atom is 0.282 e. The summed E-state index contributed by atoms with van der Waals surface area (Å²) in [5.41, 5.74) is 0.